The van der Waals surface area contributed by atoms with E-state index in [4.69, 9.17) is 9.52 Å². The van der Waals surface area contributed by atoms with E-state index in [1.807, 2.05) is 71.6 Å². The van der Waals surface area contributed by atoms with E-state index in [0.717, 1.165) is 27.0 Å². The maximum absolute atomic E-state index is 13.1. The Labute approximate surface area is 199 Å². The highest BCUT2D eigenvalue weighted by Crippen LogP contribution is 2.26. The third-order valence-electron chi connectivity index (χ3n) is 5.09. The summed E-state index contributed by atoms with van der Waals surface area (Å²) in [6.45, 7) is 0. The van der Waals surface area contributed by atoms with Crippen LogP contribution < -0.4 is 10.1 Å². The predicted molar refractivity (Wildman–Crippen MR) is 130 cm³/mol. The highest BCUT2D eigenvalue weighted by Gasteiger charge is 2.15. The van der Waals surface area contributed by atoms with Crippen molar-refractivity contribution in [3.63, 3.8) is 0 Å². The summed E-state index contributed by atoms with van der Waals surface area (Å²) in [4.78, 5) is 18.0. The zero-order valence-corrected chi connectivity index (χ0v) is 19.3. The predicted octanol–water partition coefficient (Wildman–Crippen LogP) is 4.57. The van der Waals surface area contributed by atoms with Crippen molar-refractivity contribution >= 4 is 38.3 Å². The zero-order valence-electron chi connectivity index (χ0n) is 16.9. The summed E-state index contributed by atoms with van der Waals surface area (Å²) in [5.41, 5.74) is 3.26. The SMILES string of the molecule is O=c1/c(=C/c2cn(-c3ccccc3)nc2-c2ccc(Br)cc2)sc2nc(-c3ccco3)nn12. The van der Waals surface area contributed by atoms with Gasteiger partial charge in [-0.1, -0.05) is 57.6 Å². The highest BCUT2D eigenvalue weighted by molar-refractivity contribution is 9.10. The molecule has 4 heterocycles. The maximum atomic E-state index is 13.1. The molecule has 160 valence electrons. The summed E-state index contributed by atoms with van der Waals surface area (Å²) >= 11 is 4.76. The molecule has 0 spiro atoms. The maximum Gasteiger partial charge on any atom is 0.291 e. The van der Waals surface area contributed by atoms with Crippen molar-refractivity contribution in [1.29, 1.82) is 0 Å². The van der Waals surface area contributed by atoms with Gasteiger partial charge < -0.3 is 4.42 Å². The summed E-state index contributed by atoms with van der Waals surface area (Å²) < 4.78 is 9.99. The van der Waals surface area contributed by atoms with Crippen LogP contribution in [0.2, 0.25) is 0 Å². The van der Waals surface area contributed by atoms with Crippen LogP contribution in [0.15, 0.2) is 92.9 Å². The van der Waals surface area contributed by atoms with Crippen LogP contribution in [0.1, 0.15) is 5.56 Å². The number of halogens is 1. The second-order valence-electron chi connectivity index (χ2n) is 7.24. The number of aromatic nitrogens is 5. The number of hydrogen-bond donors (Lipinski definition) is 0. The van der Waals surface area contributed by atoms with Crippen molar-refractivity contribution in [2.45, 2.75) is 0 Å². The van der Waals surface area contributed by atoms with Gasteiger partial charge in [0.25, 0.3) is 5.56 Å². The molecule has 0 saturated heterocycles. The number of benzene rings is 2. The monoisotopic (exact) mass is 515 g/mol. The highest BCUT2D eigenvalue weighted by atomic mass is 79.9. The van der Waals surface area contributed by atoms with Crippen LogP contribution in [0.4, 0.5) is 0 Å². The molecule has 0 radical (unpaired) electrons. The molecule has 2 aromatic carbocycles. The van der Waals surface area contributed by atoms with Gasteiger partial charge in [0.15, 0.2) is 5.76 Å². The average molecular weight is 516 g/mol. The number of nitrogens with zero attached hydrogens (tertiary/aromatic N) is 5. The molecule has 0 saturated carbocycles. The van der Waals surface area contributed by atoms with Gasteiger partial charge >= 0.3 is 0 Å². The molecule has 0 amide bonds. The number of fused-ring (bicyclic) bond motifs is 1. The number of para-hydroxylation sites is 1. The molecule has 6 aromatic rings. The molecule has 0 unspecified atom stereocenters. The first-order chi connectivity index (χ1) is 16.2. The van der Waals surface area contributed by atoms with Crippen molar-refractivity contribution < 1.29 is 4.42 Å². The van der Waals surface area contributed by atoms with Crippen LogP contribution >= 0.6 is 27.3 Å². The number of rotatable bonds is 4. The first-order valence-corrected chi connectivity index (χ1v) is 11.6. The van der Waals surface area contributed by atoms with Gasteiger partial charge in [-0.2, -0.15) is 14.6 Å². The standard InChI is InChI=1S/C24H14BrN5O2S/c25-17-10-8-15(9-11-17)21-16(14-29(27-21)18-5-2-1-3-6-18)13-20-23(31)30-24(33-20)26-22(28-30)19-7-4-12-32-19/h1-14H/b20-13-. The number of hydrogen-bond acceptors (Lipinski definition) is 6. The molecule has 0 atom stereocenters. The molecule has 9 heteroatoms. The molecule has 0 bridgehead atoms. The summed E-state index contributed by atoms with van der Waals surface area (Å²) in [6, 6.07) is 21.3. The fourth-order valence-electron chi connectivity index (χ4n) is 3.52. The van der Waals surface area contributed by atoms with Crippen molar-refractivity contribution in [2.24, 2.45) is 0 Å². The van der Waals surface area contributed by atoms with Crippen molar-refractivity contribution in [1.82, 2.24) is 24.4 Å². The molecule has 7 nitrogen and oxygen atoms in total. The molecule has 0 aliphatic heterocycles. The number of furan rings is 1. The Bertz CT molecular complexity index is 1680. The minimum absolute atomic E-state index is 0.227. The van der Waals surface area contributed by atoms with E-state index in [-0.39, 0.29) is 5.56 Å². The lowest BCUT2D eigenvalue weighted by Crippen LogP contribution is -2.23. The topological polar surface area (TPSA) is 78.2 Å². The van der Waals surface area contributed by atoms with Gasteiger partial charge in [0, 0.05) is 21.8 Å². The van der Waals surface area contributed by atoms with E-state index >= 15 is 0 Å². The van der Waals surface area contributed by atoms with Gasteiger partial charge in [0.05, 0.1) is 22.2 Å². The number of thiazole rings is 1. The normalized spacial score (nSPS) is 12.1. The Morgan fingerprint density at radius 2 is 1.79 bits per heavy atom. The van der Waals surface area contributed by atoms with Gasteiger partial charge in [-0.25, -0.2) is 4.68 Å². The van der Waals surface area contributed by atoms with Crippen LogP contribution in [0.25, 0.3) is 39.6 Å². The van der Waals surface area contributed by atoms with E-state index in [9.17, 15) is 4.79 Å². The summed E-state index contributed by atoms with van der Waals surface area (Å²) in [7, 11) is 0. The Kier molecular flexibility index (Phi) is 4.78. The molecule has 0 aliphatic carbocycles. The average Bonchev–Trinajstić information content (AvgIpc) is 3.62. The third kappa shape index (κ3) is 3.61. The van der Waals surface area contributed by atoms with E-state index in [1.54, 1.807) is 18.4 Å². The van der Waals surface area contributed by atoms with Crippen molar-refractivity contribution in [2.75, 3.05) is 0 Å². The molecule has 0 fully saturated rings. The van der Waals surface area contributed by atoms with Gasteiger partial charge in [-0.05, 0) is 42.5 Å². The molecule has 33 heavy (non-hydrogen) atoms. The van der Waals surface area contributed by atoms with Crippen LogP contribution in [0, 0.1) is 0 Å². The van der Waals surface area contributed by atoms with Crippen molar-refractivity contribution in [3.05, 3.63) is 104 Å². The largest absolute Gasteiger partial charge is 0.461 e. The molecule has 6 rings (SSSR count). The molecular formula is C24H14BrN5O2S. The Balaban J connectivity index is 1.51. The first-order valence-electron chi connectivity index (χ1n) is 10.0. The van der Waals surface area contributed by atoms with E-state index in [2.05, 4.69) is 26.0 Å². The van der Waals surface area contributed by atoms with E-state index in [0.29, 0.717) is 21.1 Å². The Morgan fingerprint density at radius 3 is 2.52 bits per heavy atom. The smallest absolute Gasteiger partial charge is 0.291 e. The molecule has 4 aromatic heterocycles. The second kappa shape index (κ2) is 7.95. The van der Waals surface area contributed by atoms with Crippen LogP contribution in [-0.2, 0) is 0 Å². The van der Waals surface area contributed by atoms with Gasteiger partial charge in [0.2, 0.25) is 10.8 Å². The summed E-state index contributed by atoms with van der Waals surface area (Å²) in [5.74, 6) is 0.917. The van der Waals surface area contributed by atoms with Gasteiger partial charge in [-0.15, -0.1) is 5.10 Å². The quantitative estimate of drug-likeness (QED) is 0.343. The third-order valence-corrected chi connectivity index (χ3v) is 6.58. The molecule has 0 aliphatic rings. The van der Waals surface area contributed by atoms with Crippen LogP contribution in [-0.4, -0.2) is 24.4 Å². The van der Waals surface area contributed by atoms with Gasteiger partial charge in [-0.3, -0.25) is 4.79 Å². The Morgan fingerprint density at radius 1 is 0.970 bits per heavy atom. The minimum atomic E-state index is -0.227. The van der Waals surface area contributed by atoms with Gasteiger partial charge in [0.1, 0.15) is 0 Å². The van der Waals surface area contributed by atoms with E-state index in [1.165, 1.54) is 15.9 Å². The minimum Gasteiger partial charge on any atom is -0.461 e. The fraction of sp³-hybridized carbons (Fsp3) is 0. The lowest BCUT2D eigenvalue weighted by Gasteiger charge is -2.00. The zero-order chi connectivity index (χ0) is 22.4. The Hall–Kier alpha value is -3.82. The summed E-state index contributed by atoms with van der Waals surface area (Å²) in [5, 5.41) is 9.14. The fourth-order valence-corrected chi connectivity index (χ4v) is 4.69. The van der Waals surface area contributed by atoms with E-state index < -0.39 is 0 Å². The second-order valence-corrected chi connectivity index (χ2v) is 9.17. The lowest BCUT2D eigenvalue weighted by atomic mass is 10.1. The van der Waals surface area contributed by atoms with Crippen LogP contribution in [0.5, 0.6) is 0 Å². The molecule has 0 N–H and O–H groups in total. The molecular weight excluding hydrogens is 502 g/mol. The van der Waals surface area contributed by atoms with Crippen LogP contribution in [0.3, 0.4) is 0 Å². The van der Waals surface area contributed by atoms with Crippen molar-refractivity contribution in [3.8, 4) is 28.5 Å². The first kappa shape index (κ1) is 19.8. The summed E-state index contributed by atoms with van der Waals surface area (Å²) in [6.07, 6.45) is 5.33. The lowest BCUT2D eigenvalue weighted by molar-refractivity contribution is 0.577.